The van der Waals surface area contributed by atoms with E-state index in [9.17, 15) is 4.79 Å². The molecule has 0 heterocycles. The molecule has 3 heteroatoms. The first kappa shape index (κ1) is 7.84. The van der Waals surface area contributed by atoms with Gasteiger partial charge < -0.3 is 0 Å². The third-order valence-corrected chi connectivity index (χ3v) is 2.65. The number of fused-ring (bicyclic) bond motifs is 1. The number of ketones is 1. The minimum Gasteiger partial charge on any atom is -0.288 e. The lowest BCUT2D eigenvalue weighted by molar-refractivity contribution is 0.104. The lowest BCUT2D eigenvalue weighted by atomic mass is 10.1. The first-order chi connectivity index (χ1) is 5.72. The Balaban J connectivity index is 2.73. The van der Waals surface area contributed by atoms with Crippen molar-refractivity contribution in [1.29, 1.82) is 0 Å². The second-order valence-electron chi connectivity index (χ2n) is 2.50. The van der Waals surface area contributed by atoms with Crippen molar-refractivity contribution in [2.75, 3.05) is 0 Å². The molecule has 0 aliphatic heterocycles. The monoisotopic (exact) mass is 198 g/mol. The highest BCUT2D eigenvalue weighted by Crippen LogP contribution is 2.36. The summed E-state index contributed by atoms with van der Waals surface area (Å²) in [5.74, 6) is -0.183. The summed E-state index contributed by atoms with van der Waals surface area (Å²) in [5.41, 5.74) is 1.32. The Bertz CT molecular complexity index is 393. The van der Waals surface area contributed by atoms with Gasteiger partial charge in [-0.15, -0.1) is 0 Å². The fourth-order valence-corrected chi connectivity index (χ4v) is 1.66. The second kappa shape index (κ2) is 2.61. The summed E-state index contributed by atoms with van der Waals surface area (Å²) in [6, 6.07) is 7.11. The molecule has 0 bridgehead atoms. The van der Waals surface area contributed by atoms with Gasteiger partial charge in [0.05, 0.1) is 5.03 Å². The number of hydrogen-bond acceptors (Lipinski definition) is 1. The Morgan fingerprint density at radius 2 is 1.50 bits per heavy atom. The van der Waals surface area contributed by atoms with Crippen LogP contribution < -0.4 is 0 Å². The SMILES string of the molecule is O=C1C(Cl)=C(Cl)c2ccccc21. The maximum atomic E-state index is 11.3. The molecular formula is C9H4Cl2O. The summed E-state index contributed by atoms with van der Waals surface area (Å²) in [6.07, 6.45) is 0. The van der Waals surface area contributed by atoms with E-state index < -0.39 is 0 Å². The predicted octanol–water partition coefficient (Wildman–Crippen LogP) is 3.03. The Morgan fingerprint density at radius 1 is 0.917 bits per heavy atom. The van der Waals surface area contributed by atoms with Crippen LogP contribution >= 0.6 is 23.2 Å². The van der Waals surface area contributed by atoms with Gasteiger partial charge in [-0.1, -0.05) is 47.5 Å². The lowest BCUT2D eigenvalue weighted by Gasteiger charge is -1.94. The Kier molecular flexibility index (Phi) is 1.71. The van der Waals surface area contributed by atoms with Crippen LogP contribution in [-0.2, 0) is 0 Å². The third kappa shape index (κ3) is 0.904. The number of hydrogen-bond donors (Lipinski definition) is 0. The molecule has 1 aliphatic carbocycles. The molecule has 0 N–H and O–H groups in total. The van der Waals surface area contributed by atoms with E-state index in [2.05, 4.69) is 0 Å². The van der Waals surface area contributed by atoms with Crippen molar-refractivity contribution in [3.63, 3.8) is 0 Å². The van der Waals surface area contributed by atoms with Crippen molar-refractivity contribution in [1.82, 2.24) is 0 Å². The van der Waals surface area contributed by atoms with E-state index in [1.54, 1.807) is 18.2 Å². The van der Waals surface area contributed by atoms with E-state index >= 15 is 0 Å². The van der Waals surface area contributed by atoms with Crippen LogP contribution in [0.1, 0.15) is 15.9 Å². The number of carbonyl (C=O) groups is 1. The molecule has 1 aromatic carbocycles. The smallest absolute Gasteiger partial charge is 0.206 e. The molecule has 60 valence electrons. The molecule has 2 rings (SSSR count). The number of rotatable bonds is 0. The molecule has 1 nitrogen and oxygen atoms in total. The topological polar surface area (TPSA) is 17.1 Å². The number of Topliss-reactive ketones (excluding diaryl/α,β-unsaturated/α-hetero) is 1. The summed E-state index contributed by atoms with van der Waals surface area (Å²) in [7, 11) is 0. The highest BCUT2D eigenvalue weighted by molar-refractivity contribution is 6.63. The van der Waals surface area contributed by atoms with Gasteiger partial charge in [-0.05, 0) is 0 Å². The van der Waals surface area contributed by atoms with Gasteiger partial charge >= 0.3 is 0 Å². The highest BCUT2D eigenvalue weighted by atomic mass is 35.5. The molecule has 0 atom stereocenters. The number of allylic oxidation sites excluding steroid dienone is 1. The summed E-state index contributed by atoms with van der Waals surface area (Å²) in [4.78, 5) is 11.3. The molecule has 0 aromatic heterocycles. The molecular weight excluding hydrogens is 195 g/mol. The molecule has 0 fully saturated rings. The van der Waals surface area contributed by atoms with E-state index in [1.807, 2.05) is 6.07 Å². The number of benzene rings is 1. The van der Waals surface area contributed by atoms with Crippen molar-refractivity contribution in [3.8, 4) is 0 Å². The van der Waals surface area contributed by atoms with E-state index in [0.717, 1.165) is 5.56 Å². The first-order valence-electron chi connectivity index (χ1n) is 3.41. The van der Waals surface area contributed by atoms with E-state index in [-0.39, 0.29) is 10.8 Å². The van der Waals surface area contributed by atoms with Gasteiger partial charge in [0.15, 0.2) is 0 Å². The second-order valence-corrected chi connectivity index (χ2v) is 3.26. The van der Waals surface area contributed by atoms with Crippen LogP contribution in [0.25, 0.3) is 5.03 Å². The van der Waals surface area contributed by atoms with Crippen LogP contribution in [0, 0.1) is 0 Å². The first-order valence-corrected chi connectivity index (χ1v) is 4.17. The molecule has 0 unspecified atom stereocenters. The molecule has 0 saturated heterocycles. The summed E-state index contributed by atoms with van der Waals surface area (Å²) >= 11 is 11.5. The van der Waals surface area contributed by atoms with E-state index in [4.69, 9.17) is 23.2 Å². The van der Waals surface area contributed by atoms with Crippen LogP contribution in [0.15, 0.2) is 29.3 Å². The van der Waals surface area contributed by atoms with Crippen molar-refractivity contribution in [2.45, 2.75) is 0 Å². The minimum absolute atomic E-state index is 0.123. The van der Waals surface area contributed by atoms with Crippen LogP contribution in [0.4, 0.5) is 0 Å². The van der Waals surface area contributed by atoms with Crippen LogP contribution in [0.3, 0.4) is 0 Å². The summed E-state index contributed by atoms with van der Waals surface area (Å²) < 4.78 is 0. The van der Waals surface area contributed by atoms with Crippen molar-refractivity contribution in [2.24, 2.45) is 0 Å². The zero-order valence-corrected chi connectivity index (χ0v) is 7.49. The average molecular weight is 199 g/mol. The standard InChI is InChI=1S/C9H4Cl2O/c10-7-5-3-1-2-4-6(5)9(12)8(7)11/h1-4H. The summed E-state index contributed by atoms with van der Waals surface area (Å²) in [6.45, 7) is 0. The van der Waals surface area contributed by atoms with Gasteiger partial charge in [0, 0.05) is 11.1 Å². The molecule has 0 saturated carbocycles. The van der Waals surface area contributed by atoms with Crippen molar-refractivity contribution >= 4 is 34.0 Å². The molecule has 0 radical (unpaired) electrons. The number of carbonyl (C=O) groups excluding carboxylic acids is 1. The van der Waals surface area contributed by atoms with Crippen LogP contribution in [-0.4, -0.2) is 5.78 Å². The molecule has 0 amide bonds. The molecule has 1 aromatic rings. The van der Waals surface area contributed by atoms with Crippen LogP contribution in [0.2, 0.25) is 0 Å². The quantitative estimate of drug-likeness (QED) is 0.627. The number of halogens is 2. The van der Waals surface area contributed by atoms with Crippen molar-refractivity contribution < 1.29 is 4.79 Å². The zero-order chi connectivity index (χ0) is 8.72. The Morgan fingerprint density at radius 3 is 2.08 bits per heavy atom. The van der Waals surface area contributed by atoms with Gasteiger partial charge in [-0.25, -0.2) is 0 Å². The third-order valence-electron chi connectivity index (χ3n) is 1.80. The maximum absolute atomic E-state index is 11.3. The van der Waals surface area contributed by atoms with Gasteiger partial charge in [-0.2, -0.15) is 0 Å². The molecule has 1 aliphatic rings. The predicted molar refractivity (Wildman–Crippen MR) is 49.4 cm³/mol. The fraction of sp³-hybridized carbons (Fsp3) is 0. The Hall–Kier alpha value is -0.790. The lowest BCUT2D eigenvalue weighted by Crippen LogP contribution is -1.92. The van der Waals surface area contributed by atoms with Gasteiger partial charge in [0.25, 0.3) is 0 Å². The zero-order valence-electron chi connectivity index (χ0n) is 5.97. The van der Waals surface area contributed by atoms with Crippen molar-refractivity contribution in [3.05, 3.63) is 40.4 Å². The maximum Gasteiger partial charge on any atom is 0.206 e. The molecule has 12 heavy (non-hydrogen) atoms. The largest absolute Gasteiger partial charge is 0.288 e. The van der Waals surface area contributed by atoms with Gasteiger partial charge in [0.1, 0.15) is 5.03 Å². The fourth-order valence-electron chi connectivity index (χ4n) is 1.21. The van der Waals surface area contributed by atoms with Gasteiger partial charge in [-0.3, -0.25) is 4.79 Å². The Labute approximate surface area is 79.6 Å². The molecule has 0 spiro atoms. The normalized spacial score (nSPS) is 15.3. The average Bonchev–Trinajstić information content (AvgIpc) is 2.33. The summed E-state index contributed by atoms with van der Waals surface area (Å²) in [5, 5.41) is 0.482. The minimum atomic E-state index is -0.183. The van der Waals surface area contributed by atoms with Gasteiger partial charge in [0.2, 0.25) is 5.78 Å². The van der Waals surface area contributed by atoms with Crippen LogP contribution in [0.5, 0.6) is 0 Å². The highest BCUT2D eigenvalue weighted by Gasteiger charge is 2.26. The van der Waals surface area contributed by atoms with E-state index in [1.165, 1.54) is 0 Å². The van der Waals surface area contributed by atoms with E-state index in [0.29, 0.717) is 10.6 Å².